The van der Waals surface area contributed by atoms with Crippen molar-refractivity contribution < 1.29 is 35.9 Å². The van der Waals surface area contributed by atoms with Gasteiger partial charge in [-0.2, -0.15) is 18.2 Å². The molecule has 1 saturated heterocycles. The Labute approximate surface area is 269 Å². The minimum atomic E-state index is -4.76. The number of nitrogens with zero attached hydrogens (tertiary/aromatic N) is 6. The number of fused-ring (bicyclic) bond motifs is 1. The van der Waals surface area contributed by atoms with Gasteiger partial charge in [0.15, 0.2) is 17.2 Å². The number of hydrogen-bond acceptors (Lipinski definition) is 8. The van der Waals surface area contributed by atoms with Crippen molar-refractivity contribution in [2.24, 2.45) is 0 Å². The standard InChI is InChI=1S/C32H26ClF5N6O3/c33-22-3-1-20(25(35)13-22)17-46-27-12-19(2-4-24(27)34)18-5-8-43(9-6-18)16-28-40-26-11-21(29-41-31(47-42-29)32(36,37)38)14-39-30(26)44(28)15-23-7-10-45-23/h1-5,11-14,23H,6-10,15-17H2. The minimum absolute atomic E-state index is 0.0121. The Kier molecular flexibility index (Phi) is 8.41. The van der Waals surface area contributed by atoms with Crippen molar-refractivity contribution in [2.45, 2.75) is 44.8 Å². The van der Waals surface area contributed by atoms with Gasteiger partial charge in [0, 0.05) is 42.0 Å². The van der Waals surface area contributed by atoms with Gasteiger partial charge in [-0.05, 0) is 54.3 Å². The summed E-state index contributed by atoms with van der Waals surface area (Å²) in [5, 5.41) is 3.73. The molecule has 2 aromatic carbocycles. The normalized spacial score (nSPS) is 17.1. The molecular weight excluding hydrogens is 647 g/mol. The van der Waals surface area contributed by atoms with Crippen molar-refractivity contribution in [3.63, 3.8) is 0 Å². The SMILES string of the molecule is Fc1cc(Cl)ccc1COc1cc(C2=CCN(Cc3nc4cc(-c5noc(C(F)(F)F)n5)cnc4n3CC3CCO3)CC2)ccc1F. The van der Waals surface area contributed by atoms with Crippen LogP contribution in [0.5, 0.6) is 5.75 Å². The zero-order valence-electron chi connectivity index (χ0n) is 24.6. The van der Waals surface area contributed by atoms with Crippen molar-refractivity contribution in [1.29, 1.82) is 0 Å². The average Bonchev–Trinajstić information content (AvgIpc) is 3.65. The summed E-state index contributed by atoms with van der Waals surface area (Å²) in [6.45, 7) is 2.81. The molecule has 1 atom stereocenters. The molecule has 0 bridgehead atoms. The summed E-state index contributed by atoms with van der Waals surface area (Å²) >= 11 is 5.82. The average molecular weight is 673 g/mol. The van der Waals surface area contributed by atoms with Crippen LogP contribution >= 0.6 is 11.6 Å². The molecule has 9 nitrogen and oxygen atoms in total. The van der Waals surface area contributed by atoms with E-state index >= 15 is 0 Å². The lowest BCUT2D eigenvalue weighted by Gasteiger charge is -2.29. The van der Waals surface area contributed by atoms with Crippen LogP contribution < -0.4 is 4.74 Å². The number of hydrogen-bond donors (Lipinski definition) is 0. The van der Waals surface area contributed by atoms with E-state index in [1.54, 1.807) is 24.3 Å². The van der Waals surface area contributed by atoms with Gasteiger partial charge in [0.2, 0.25) is 5.82 Å². The van der Waals surface area contributed by atoms with Crippen LogP contribution in [0.25, 0.3) is 28.1 Å². The van der Waals surface area contributed by atoms with Crippen LogP contribution in [0.1, 0.15) is 35.7 Å². The molecule has 5 aromatic rings. The molecule has 0 radical (unpaired) electrons. The summed E-state index contributed by atoms with van der Waals surface area (Å²) in [7, 11) is 0. The van der Waals surface area contributed by atoms with Crippen LogP contribution in [0.15, 0.2) is 59.3 Å². The first-order valence-electron chi connectivity index (χ1n) is 14.8. The fraction of sp³-hybridized carbons (Fsp3) is 0.312. The topological polar surface area (TPSA) is 91.3 Å². The van der Waals surface area contributed by atoms with Crippen molar-refractivity contribution in [3.8, 4) is 17.1 Å². The highest BCUT2D eigenvalue weighted by atomic mass is 35.5. The molecule has 7 rings (SSSR count). The Balaban J connectivity index is 1.08. The van der Waals surface area contributed by atoms with Crippen molar-refractivity contribution >= 4 is 28.3 Å². The van der Waals surface area contributed by atoms with Gasteiger partial charge in [-0.3, -0.25) is 4.90 Å². The molecule has 0 aliphatic carbocycles. The molecule has 47 heavy (non-hydrogen) atoms. The first kappa shape index (κ1) is 31.2. The number of imidazole rings is 1. The predicted molar refractivity (Wildman–Crippen MR) is 160 cm³/mol. The first-order chi connectivity index (χ1) is 22.6. The molecule has 5 heterocycles. The summed E-state index contributed by atoms with van der Waals surface area (Å²) in [6.07, 6.45) is 0.289. The fourth-order valence-electron chi connectivity index (χ4n) is 5.51. The van der Waals surface area contributed by atoms with E-state index in [0.717, 1.165) is 23.4 Å². The van der Waals surface area contributed by atoms with Crippen molar-refractivity contribution in [1.82, 2.24) is 29.6 Å². The second-order valence-electron chi connectivity index (χ2n) is 11.3. The van der Waals surface area contributed by atoms with E-state index in [9.17, 15) is 22.0 Å². The van der Waals surface area contributed by atoms with Gasteiger partial charge in [-0.25, -0.2) is 18.7 Å². The molecule has 2 aliphatic rings. The number of ether oxygens (including phenoxy) is 2. The Hall–Kier alpha value is -4.40. The lowest BCUT2D eigenvalue weighted by molar-refractivity contribution is -0.159. The van der Waals surface area contributed by atoms with E-state index in [1.165, 1.54) is 24.4 Å². The maximum atomic E-state index is 14.6. The van der Waals surface area contributed by atoms with Gasteiger partial charge < -0.3 is 18.6 Å². The van der Waals surface area contributed by atoms with Crippen LogP contribution in [0.4, 0.5) is 22.0 Å². The number of rotatable bonds is 9. The van der Waals surface area contributed by atoms with Crippen molar-refractivity contribution in [3.05, 3.63) is 94.2 Å². The summed E-state index contributed by atoms with van der Waals surface area (Å²) in [5.74, 6) is -1.99. The van der Waals surface area contributed by atoms with E-state index in [-0.39, 0.29) is 40.4 Å². The van der Waals surface area contributed by atoms with E-state index < -0.39 is 23.7 Å². The van der Waals surface area contributed by atoms with Gasteiger partial charge in [0.1, 0.15) is 23.8 Å². The van der Waals surface area contributed by atoms with Gasteiger partial charge in [0.05, 0.1) is 19.2 Å². The highest BCUT2D eigenvalue weighted by Crippen LogP contribution is 2.32. The molecule has 3 aromatic heterocycles. The van der Waals surface area contributed by atoms with Crippen LogP contribution in [0.3, 0.4) is 0 Å². The molecule has 0 saturated carbocycles. The van der Waals surface area contributed by atoms with Gasteiger partial charge in [-0.15, -0.1) is 0 Å². The molecule has 0 spiro atoms. The third kappa shape index (κ3) is 6.71. The van der Waals surface area contributed by atoms with Gasteiger partial charge >= 0.3 is 12.1 Å². The van der Waals surface area contributed by atoms with Gasteiger partial charge in [0.25, 0.3) is 0 Å². The quantitative estimate of drug-likeness (QED) is 0.153. The third-order valence-electron chi connectivity index (χ3n) is 8.13. The molecule has 0 amide bonds. The molecule has 1 unspecified atom stereocenters. The molecule has 244 valence electrons. The predicted octanol–water partition coefficient (Wildman–Crippen LogP) is 7.09. The maximum Gasteiger partial charge on any atom is 0.471 e. The minimum Gasteiger partial charge on any atom is -0.486 e. The highest BCUT2D eigenvalue weighted by Gasteiger charge is 2.38. The molecular formula is C32H26ClF5N6O3. The molecule has 15 heteroatoms. The van der Waals surface area contributed by atoms with E-state index in [4.69, 9.17) is 26.1 Å². The Morgan fingerprint density at radius 2 is 1.87 bits per heavy atom. The van der Waals surface area contributed by atoms with Crippen LogP contribution in [-0.4, -0.2) is 55.4 Å². The number of benzene rings is 2. The second-order valence-corrected chi connectivity index (χ2v) is 11.7. The lowest BCUT2D eigenvalue weighted by Crippen LogP contribution is -2.33. The maximum absolute atomic E-state index is 14.6. The highest BCUT2D eigenvalue weighted by molar-refractivity contribution is 6.30. The number of pyridine rings is 1. The molecule has 0 N–H and O–H groups in total. The number of alkyl halides is 3. The monoisotopic (exact) mass is 672 g/mol. The zero-order chi connectivity index (χ0) is 32.7. The van der Waals surface area contributed by atoms with Gasteiger partial charge in [-0.1, -0.05) is 35.0 Å². The molecule has 1 fully saturated rings. The lowest BCUT2D eigenvalue weighted by atomic mass is 9.99. The summed E-state index contributed by atoms with van der Waals surface area (Å²) in [4.78, 5) is 15.0. The summed E-state index contributed by atoms with van der Waals surface area (Å²) < 4.78 is 85.4. The van der Waals surface area contributed by atoms with E-state index in [2.05, 4.69) is 30.6 Å². The largest absolute Gasteiger partial charge is 0.486 e. The summed E-state index contributed by atoms with van der Waals surface area (Å²) in [6, 6.07) is 10.5. The van der Waals surface area contributed by atoms with Crippen LogP contribution in [0, 0.1) is 11.6 Å². The molecule has 2 aliphatic heterocycles. The number of aromatic nitrogens is 5. The van der Waals surface area contributed by atoms with E-state index in [0.29, 0.717) is 50.4 Å². The van der Waals surface area contributed by atoms with E-state index in [1.807, 2.05) is 4.57 Å². The Bertz CT molecular complexity index is 1970. The Morgan fingerprint density at radius 3 is 2.57 bits per heavy atom. The zero-order valence-corrected chi connectivity index (χ0v) is 25.4. The van der Waals surface area contributed by atoms with Crippen LogP contribution in [-0.2, 0) is 30.6 Å². The second kappa shape index (κ2) is 12.7. The fourth-order valence-corrected chi connectivity index (χ4v) is 5.66. The third-order valence-corrected chi connectivity index (χ3v) is 8.36. The Morgan fingerprint density at radius 1 is 1.02 bits per heavy atom. The van der Waals surface area contributed by atoms with Crippen LogP contribution in [0.2, 0.25) is 5.02 Å². The number of halogens is 6. The smallest absolute Gasteiger partial charge is 0.471 e. The van der Waals surface area contributed by atoms with Crippen molar-refractivity contribution in [2.75, 3.05) is 19.7 Å². The summed E-state index contributed by atoms with van der Waals surface area (Å²) in [5.41, 5.74) is 3.39. The first-order valence-corrected chi connectivity index (χ1v) is 15.1.